The molecule has 3 aromatic carbocycles. The van der Waals surface area contributed by atoms with Crippen molar-refractivity contribution in [1.82, 2.24) is 4.57 Å². The molecule has 2 heterocycles. The Labute approximate surface area is 230 Å². The van der Waals surface area contributed by atoms with Crippen LogP contribution in [0, 0.1) is 0 Å². The lowest BCUT2D eigenvalue weighted by atomic mass is 10.1. The topological polar surface area (TPSA) is 71.4 Å². The fourth-order valence-corrected chi connectivity index (χ4v) is 4.90. The summed E-state index contributed by atoms with van der Waals surface area (Å²) in [4.78, 5) is 39.7. The lowest BCUT2D eigenvalue weighted by Crippen LogP contribution is -2.30. The van der Waals surface area contributed by atoms with Crippen molar-refractivity contribution in [3.63, 3.8) is 0 Å². The molecule has 0 atom stereocenters. The van der Waals surface area contributed by atoms with Crippen LogP contribution in [0.5, 0.6) is 0 Å². The Morgan fingerprint density at radius 3 is 2.26 bits per heavy atom. The summed E-state index contributed by atoms with van der Waals surface area (Å²) in [5, 5.41) is 3.29. The Balaban J connectivity index is 1.41. The number of para-hydroxylation sites is 1. The normalized spacial score (nSPS) is 12.8. The zero-order valence-electron chi connectivity index (χ0n) is 19.9. The highest BCUT2D eigenvalue weighted by molar-refractivity contribution is 6.37. The molecular formula is C28H18Cl2F3N3O3. The third-order valence-corrected chi connectivity index (χ3v) is 6.85. The van der Waals surface area contributed by atoms with Crippen LogP contribution < -0.4 is 10.2 Å². The summed E-state index contributed by atoms with van der Waals surface area (Å²) < 4.78 is 40.8. The van der Waals surface area contributed by atoms with Crippen LogP contribution in [-0.2, 0) is 13.1 Å². The van der Waals surface area contributed by atoms with Gasteiger partial charge in [0.1, 0.15) is 0 Å². The third-order valence-electron chi connectivity index (χ3n) is 6.30. The van der Waals surface area contributed by atoms with E-state index in [9.17, 15) is 27.6 Å². The molecule has 1 aliphatic rings. The summed E-state index contributed by atoms with van der Waals surface area (Å²) in [7, 11) is 0. The highest BCUT2D eigenvalue weighted by atomic mass is 35.5. The van der Waals surface area contributed by atoms with E-state index in [0.29, 0.717) is 33.2 Å². The second-order valence-corrected chi connectivity index (χ2v) is 9.64. The van der Waals surface area contributed by atoms with Gasteiger partial charge in [0.25, 0.3) is 17.6 Å². The van der Waals surface area contributed by atoms with Crippen LogP contribution in [0.15, 0.2) is 78.9 Å². The number of alkyl halides is 3. The maximum absolute atomic E-state index is 13.6. The predicted molar refractivity (Wildman–Crippen MR) is 142 cm³/mol. The third kappa shape index (κ3) is 5.28. The second kappa shape index (κ2) is 10.2. The van der Waals surface area contributed by atoms with Crippen LogP contribution in [0.4, 0.5) is 24.5 Å². The minimum atomic E-state index is -5.02. The van der Waals surface area contributed by atoms with Crippen molar-refractivity contribution < 1.29 is 27.6 Å². The Hall–Kier alpha value is -4.08. The van der Waals surface area contributed by atoms with E-state index < -0.39 is 29.5 Å². The molecule has 0 radical (unpaired) electrons. The first-order valence-corrected chi connectivity index (χ1v) is 12.3. The van der Waals surface area contributed by atoms with Gasteiger partial charge in [0.2, 0.25) is 0 Å². The van der Waals surface area contributed by atoms with Gasteiger partial charge in [-0.15, -0.1) is 0 Å². The molecule has 2 amide bonds. The molecule has 0 saturated heterocycles. The van der Waals surface area contributed by atoms with Crippen LogP contribution in [0.3, 0.4) is 0 Å². The molecule has 0 spiro atoms. The maximum Gasteiger partial charge on any atom is 0.456 e. The van der Waals surface area contributed by atoms with Gasteiger partial charge in [0.05, 0.1) is 29.4 Å². The van der Waals surface area contributed by atoms with Gasteiger partial charge in [-0.1, -0.05) is 41.4 Å². The lowest BCUT2D eigenvalue weighted by Gasteiger charge is -2.23. The van der Waals surface area contributed by atoms with E-state index in [0.717, 1.165) is 6.07 Å². The number of carbonyl (C=O) groups is 3. The zero-order valence-corrected chi connectivity index (χ0v) is 21.4. The summed E-state index contributed by atoms with van der Waals surface area (Å²) in [6, 6.07) is 20.1. The molecular weight excluding hydrogens is 554 g/mol. The van der Waals surface area contributed by atoms with E-state index >= 15 is 0 Å². The molecule has 6 nitrogen and oxygen atoms in total. The molecule has 0 aliphatic carbocycles. The molecule has 1 aliphatic heterocycles. The van der Waals surface area contributed by atoms with Gasteiger partial charge in [-0.25, -0.2) is 0 Å². The van der Waals surface area contributed by atoms with Gasteiger partial charge in [0.15, 0.2) is 0 Å². The molecule has 0 saturated carbocycles. The van der Waals surface area contributed by atoms with Crippen LogP contribution in [0.1, 0.15) is 42.5 Å². The molecule has 0 unspecified atom stereocenters. The molecule has 198 valence electrons. The van der Waals surface area contributed by atoms with E-state index in [2.05, 4.69) is 5.32 Å². The molecule has 0 fully saturated rings. The monoisotopic (exact) mass is 571 g/mol. The number of fused-ring (bicyclic) bond motifs is 2. The standard InChI is InChI=1S/C28H18Cl2F3N3O3/c29-18-7-11-21(22(30)13-18)26(38)34-19-8-5-16(6-9-19)27(39)36-15-20-10-12-24(25(37)28(31,32)33)35(20)14-17-3-1-2-4-23(17)36/h1-13H,14-15H2,(H,34,38). The molecule has 5 rings (SSSR count). The SMILES string of the molecule is O=C(Nc1ccc(C(=O)N2Cc3ccc(C(=O)C(F)(F)F)n3Cc3ccccc32)cc1)c1ccc(Cl)cc1Cl. The molecule has 39 heavy (non-hydrogen) atoms. The number of ketones is 1. The Morgan fingerprint density at radius 1 is 0.846 bits per heavy atom. The average Bonchev–Trinajstić information content (AvgIpc) is 3.20. The number of halogens is 5. The highest BCUT2D eigenvalue weighted by Crippen LogP contribution is 2.32. The summed E-state index contributed by atoms with van der Waals surface area (Å²) in [6.07, 6.45) is -5.02. The number of benzene rings is 3. The Kier molecular flexibility index (Phi) is 6.96. The summed E-state index contributed by atoms with van der Waals surface area (Å²) in [6.45, 7) is -0.0494. The van der Waals surface area contributed by atoms with Crippen molar-refractivity contribution in [2.75, 3.05) is 10.2 Å². The molecule has 0 bridgehead atoms. The molecule has 4 aromatic rings. The molecule has 1 N–H and O–H groups in total. The number of aromatic nitrogens is 1. The van der Waals surface area contributed by atoms with Crippen LogP contribution >= 0.6 is 23.2 Å². The van der Waals surface area contributed by atoms with Gasteiger partial charge >= 0.3 is 6.18 Å². The van der Waals surface area contributed by atoms with E-state index in [4.69, 9.17) is 23.2 Å². The summed E-state index contributed by atoms with van der Waals surface area (Å²) in [5.74, 6) is -2.80. The van der Waals surface area contributed by atoms with Crippen molar-refractivity contribution in [1.29, 1.82) is 0 Å². The first kappa shape index (κ1) is 26.5. The van der Waals surface area contributed by atoms with Gasteiger partial charge in [-0.3, -0.25) is 14.4 Å². The fourth-order valence-electron chi connectivity index (χ4n) is 4.41. The van der Waals surface area contributed by atoms with Gasteiger partial charge in [-0.05, 0) is 66.2 Å². The number of carbonyl (C=O) groups excluding carboxylic acids is 3. The predicted octanol–water partition coefficient (Wildman–Crippen LogP) is 7.00. The minimum Gasteiger partial charge on any atom is -0.336 e. The first-order chi connectivity index (χ1) is 18.5. The van der Waals surface area contributed by atoms with Gasteiger partial charge < -0.3 is 14.8 Å². The van der Waals surface area contributed by atoms with Gasteiger partial charge in [0, 0.05) is 27.7 Å². The number of hydrogen-bond donors (Lipinski definition) is 1. The number of amides is 2. The van der Waals surface area contributed by atoms with Crippen molar-refractivity contribution in [2.24, 2.45) is 0 Å². The van der Waals surface area contributed by atoms with Crippen LogP contribution in [0.25, 0.3) is 0 Å². The van der Waals surface area contributed by atoms with Crippen molar-refractivity contribution >= 4 is 52.2 Å². The lowest BCUT2D eigenvalue weighted by molar-refractivity contribution is -0.0890. The van der Waals surface area contributed by atoms with E-state index in [1.165, 1.54) is 39.8 Å². The summed E-state index contributed by atoms with van der Waals surface area (Å²) in [5.41, 5.74) is 1.95. The van der Waals surface area contributed by atoms with E-state index in [-0.39, 0.29) is 23.7 Å². The first-order valence-electron chi connectivity index (χ1n) is 11.6. The summed E-state index contributed by atoms with van der Waals surface area (Å²) >= 11 is 12.0. The zero-order chi connectivity index (χ0) is 27.9. The van der Waals surface area contributed by atoms with Crippen LogP contribution in [0.2, 0.25) is 10.0 Å². The Bertz CT molecular complexity index is 1610. The fraction of sp³-hybridized carbons (Fsp3) is 0.107. The highest BCUT2D eigenvalue weighted by Gasteiger charge is 2.41. The Morgan fingerprint density at radius 2 is 1.56 bits per heavy atom. The van der Waals surface area contributed by atoms with Gasteiger partial charge in [-0.2, -0.15) is 13.2 Å². The second-order valence-electron chi connectivity index (χ2n) is 8.80. The average molecular weight is 572 g/mol. The van der Waals surface area contributed by atoms with Crippen molar-refractivity contribution in [2.45, 2.75) is 19.3 Å². The van der Waals surface area contributed by atoms with Crippen molar-refractivity contribution in [3.05, 3.63) is 117 Å². The van der Waals surface area contributed by atoms with Crippen molar-refractivity contribution in [3.8, 4) is 0 Å². The number of anilines is 2. The largest absolute Gasteiger partial charge is 0.456 e. The number of nitrogens with zero attached hydrogens (tertiary/aromatic N) is 2. The number of hydrogen-bond acceptors (Lipinski definition) is 3. The number of nitrogens with one attached hydrogen (secondary N) is 1. The quantitative estimate of drug-likeness (QED) is 0.268. The minimum absolute atomic E-state index is 0.00231. The smallest absolute Gasteiger partial charge is 0.336 e. The molecule has 1 aromatic heterocycles. The van der Waals surface area contributed by atoms with E-state index in [1.54, 1.807) is 42.5 Å². The van der Waals surface area contributed by atoms with Crippen LogP contribution in [-0.4, -0.2) is 28.3 Å². The molecule has 11 heteroatoms. The maximum atomic E-state index is 13.6. The number of rotatable bonds is 4. The van der Waals surface area contributed by atoms with E-state index in [1.807, 2.05) is 0 Å². The number of Topliss-reactive ketones (excluding diaryl/α,β-unsaturated/α-hetero) is 1.